The van der Waals surface area contributed by atoms with E-state index < -0.39 is 0 Å². The fraction of sp³-hybridized carbons (Fsp3) is 0.267. The molecule has 2 N–H and O–H groups in total. The van der Waals surface area contributed by atoms with E-state index in [9.17, 15) is 4.79 Å². The highest BCUT2D eigenvalue weighted by Crippen LogP contribution is 2.10. The number of aromatic nitrogens is 1. The van der Waals surface area contributed by atoms with Crippen molar-refractivity contribution >= 4 is 5.91 Å². The third-order valence-electron chi connectivity index (χ3n) is 2.78. The number of amides is 1. The Balaban J connectivity index is 1.92. The summed E-state index contributed by atoms with van der Waals surface area (Å²) in [7, 11) is 0. The number of nitrogens with one attached hydrogen (secondary N) is 1. The quantitative estimate of drug-likeness (QED) is 0.746. The third kappa shape index (κ3) is 3.94. The molecule has 1 aromatic carbocycles. The van der Waals surface area contributed by atoms with E-state index >= 15 is 0 Å². The maximum atomic E-state index is 12.0. The number of aliphatic hydroxyl groups excluding tert-OH is 1. The molecule has 106 valence electrons. The number of hydrogen-bond acceptors (Lipinski definition) is 3. The van der Waals surface area contributed by atoms with Gasteiger partial charge in [-0.25, -0.2) is 0 Å². The van der Waals surface area contributed by atoms with Crippen LogP contribution < -0.4 is 5.32 Å². The lowest BCUT2D eigenvalue weighted by Crippen LogP contribution is -2.27. The van der Waals surface area contributed by atoms with Gasteiger partial charge in [0.25, 0.3) is 5.91 Å². The van der Waals surface area contributed by atoms with Crippen LogP contribution in [0.4, 0.5) is 0 Å². The number of rotatable bonds is 7. The van der Waals surface area contributed by atoms with Gasteiger partial charge >= 0.3 is 0 Å². The van der Waals surface area contributed by atoms with Gasteiger partial charge in [-0.15, -0.1) is 0 Å². The predicted molar refractivity (Wildman–Crippen MR) is 76.0 cm³/mol. The molecule has 0 fully saturated rings. The Bertz CT molecular complexity index is 538. The molecular formula is C15H18N2O3. The van der Waals surface area contributed by atoms with Gasteiger partial charge in [0.2, 0.25) is 0 Å². The molecule has 0 aliphatic rings. The van der Waals surface area contributed by atoms with E-state index in [2.05, 4.69) is 5.32 Å². The second-order valence-electron chi connectivity index (χ2n) is 4.23. The van der Waals surface area contributed by atoms with Crippen LogP contribution in [0.3, 0.4) is 0 Å². The number of aliphatic hydroxyl groups is 1. The lowest BCUT2D eigenvalue weighted by molar-refractivity contribution is 0.0838. The smallest absolute Gasteiger partial charge is 0.251 e. The number of hydrogen-bond donors (Lipinski definition) is 2. The van der Waals surface area contributed by atoms with Crippen LogP contribution in [0, 0.1) is 0 Å². The average molecular weight is 274 g/mol. The number of carbonyl (C=O) groups excluding carboxylic acids is 1. The Kier molecular flexibility index (Phi) is 5.34. The van der Waals surface area contributed by atoms with Crippen molar-refractivity contribution in [2.45, 2.75) is 0 Å². The maximum Gasteiger partial charge on any atom is 0.251 e. The average Bonchev–Trinajstić information content (AvgIpc) is 3.01. The molecule has 0 aliphatic carbocycles. The van der Waals surface area contributed by atoms with E-state index in [0.717, 1.165) is 5.69 Å². The fourth-order valence-electron chi connectivity index (χ4n) is 1.82. The largest absolute Gasteiger partial charge is 0.394 e. The molecule has 0 aliphatic heterocycles. The van der Waals surface area contributed by atoms with E-state index in [-0.39, 0.29) is 12.5 Å². The monoisotopic (exact) mass is 274 g/mol. The standard InChI is InChI=1S/C15H18N2O3/c18-9-11-20-10-6-16-15(19)13-4-3-5-14(12-13)17-7-1-2-8-17/h1-5,7-8,12,18H,6,9-11H2,(H,16,19). The van der Waals surface area contributed by atoms with E-state index in [0.29, 0.717) is 25.3 Å². The van der Waals surface area contributed by atoms with Crippen LogP contribution in [-0.2, 0) is 4.74 Å². The van der Waals surface area contributed by atoms with Crippen molar-refractivity contribution in [2.24, 2.45) is 0 Å². The van der Waals surface area contributed by atoms with Crippen molar-refractivity contribution in [1.82, 2.24) is 9.88 Å². The minimum atomic E-state index is -0.133. The molecule has 0 bridgehead atoms. The van der Waals surface area contributed by atoms with Gasteiger partial charge < -0.3 is 19.7 Å². The molecule has 0 spiro atoms. The Morgan fingerprint density at radius 1 is 1.20 bits per heavy atom. The van der Waals surface area contributed by atoms with Gasteiger partial charge in [-0.2, -0.15) is 0 Å². The first-order chi connectivity index (χ1) is 9.81. The van der Waals surface area contributed by atoms with Gasteiger partial charge in [0.15, 0.2) is 0 Å². The first-order valence-electron chi connectivity index (χ1n) is 6.51. The topological polar surface area (TPSA) is 63.5 Å². The van der Waals surface area contributed by atoms with Crippen molar-refractivity contribution in [3.05, 3.63) is 54.4 Å². The summed E-state index contributed by atoms with van der Waals surface area (Å²) < 4.78 is 7.03. The van der Waals surface area contributed by atoms with Gasteiger partial charge in [0.1, 0.15) is 0 Å². The van der Waals surface area contributed by atoms with Crippen LogP contribution in [0.2, 0.25) is 0 Å². The predicted octanol–water partition coefficient (Wildman–Crippen LogP) is 1.22. The Morgan fingerprint density at radius 3 is 2.75 bits per heavy atom. The van der Waals surface area contributed by atoms with Crippen molar-refractivity contribution in [3.63, 3.8) is 0 Å². The van der Waals surface area contributed by atoms with E-state index in [4.69, 9.17) is 9.84 Å². The minimum Gasteiger partial charge on any atom is -0.394 e. The molecule has 5 nitrogen and oxygen atoms in total. The van der Waals surface area contributed by atoms with Gasteiger partial charge in [0, 0.05) is 30.2 Å². The lowest BCUT2D eigenvalue weighted by atomic mass is 10.2. The molecule has 1 aromatic heterocycles. The number of nitrogens with zero attached hydrogens (tertiary/aromatic N) is 1. The number of carbonyl (C=O) groups is 1. The number of ether oxygens (including phenoxy) is 1. The zero-order chi connectivity index (χ0) is 14.2. The third-order valence-corrected chi connectivity index (χ3v) is 2.78. The van der Waals surface area contributed by atoms with Gasteiger partial charge in [0.05, 0.1) is 19.8 Å². The maximum absolute atomic E-state index is 12.0. The summed E-state index contributed by atoms with van der Waals surface area (Å²) in [5, 5.41) is 11.3. The van der Waals surface area contributed by atoms with E-state index in [1.165, 1.54) is 0 Å². The summed E-state index contributed by atoms with van der Waals surface area (Å²) in [5.41, 5.74) is 1.55. The molecule has 0 atom stereocenters. The summed E-state index contributed by atoms with van der Waals surface area (Å²) >= 11 is 0. The molecule has 20 heavy (non-hydrogen) atoms. The van der Waals surface area contributed by atoms with E-state index in [1.807, 2.05) is 47.3 Å². The highest BCUT2D eigenvalue weighted by atomic mass is 16.5. The summed E-state index contributed by atoms with van der Waals surface area (Å²) in [4.78, 5) is 12.0. The SMILES string of the molecule is O=C(NCCOCCO)c1cccc(-n2cccc2)c1. The summed E-state index contributed by atoms with van der Waals surface area (Å²) in [6.07, 6.45) is 3.86. The van der Waals surface area contributed by atoms with Gasteiger partial charge in [-0.05, 0) is 30.3 Å². The lowest BCUT2D eigenvalue weighted by Gasteiger charge is -2.08. The molecule has 0 radical (unpaired) electrons. The molecule has 0 saturated heterocycles. The molecule has 5 heteroatoms. The van der Waals surface area contributed by atoms with Crippen LogP contribution in [0.1, 0.15) is 10.4 Å². The molecular weight excluding hydrogens is 256 g/mol. The molecule has 0 saturated carbocycles. The van der Waals surface area contributed by atoms with Crippen molar-refractivity contribution in [2.75, 3.05) is 26.4 Å². The van der Waals surface area contributed by atoms with Gasteiger partial charge in [-0.1, -0.05) is 6.07 Å². The highest BCUT2D eigenvalue weighted by Gasteiger charge is 2.06. The van der Waals surface area contributed by atoms with Crippen LogP contribution in [0.15, 0.2) is 48.8 Å². The van der Waals surface area contributed by atoms with Crippen LogP contribution in [0.5, 0.6) is 0 Å². The number of benzene rings is 1. The minimum absolute atomic E-state index is 0.00708. The summed E-state index contributed by atoms with van der Waals surface area (Å²) in [6.45, 7) is 1.10. The zero-order valence-electron chi connectivity index (χ0n) is 11.2. The molecule has 0 unspecified atom stereocenters. The second-order valence-corrected chi connectivity index (χ2v) is 4.23. The van der Waals surface area contributed by atoms with Crippen molar-refractivity contribution < 1.29 is 14.6 Å². The Hall–Kier alpha value is -2.11. The van der Waals surface area contributed by atoms with Crippen molar-refractivity contribution in [1.29, 1.82) is 0 Å². The Morgan fingerprint density at radius 2 is 2.00 bits per heavy atom. The zero-order valence-corrected chi connectivity index (χ0v) is 11.2. The van der Waals surface area contributed by atoms with Crippen LogP contribution >= 0.6 is 0 Å². The molecule has 2 rings (SSSR count). The Labute approximate surface area is 117 Å². The highest BCUT2D eigenvalue weighted by molar-refractivity contribution is 5.94. The van der Waals surface area contributed by atoms with Gasteiger partial charge in [-0.3, -0.25) is 4.79 Å². The second kappa shape index (κ2) is 7.47. The van der Waals surface area contributed by atoms with E-state index in [1.54, 1.807) is 6.07 Å². The summed E-state index contributed by atoms with van der Waals surface area (Å²) in [6, 6.07) is 11.3. The first-order valence-corrected chi connectivity index (χ1v) is 6.51. The molecule has 1 heterocycles. The normalized spacial score (nSPS) is 10.4. The molecule has 2 aromatic rings. The van der Waals surface area contributed by atoms with Crippen LogP contribution in [0.25, 0.3) is 5.69 Å². The summed E-state index contributed by atoms with van der Waals surface area (Å²) in [5.74, 6) is -0.133. The van der Waals surface area contributed by atoms with Crippen molar-refractivity contribution in [3.8, 4) is 5.69 Å². The molecule has 1 amide bonds. The van der Waals surface area contributed by atoms with Crippen LogP contribution in [-0.4, -0.2) is 41.9 Å². The first kappa shape index (κ1) is 14.3. The fourth-order valence-corrected chi connectivity index (χ4v) is 1.82.